The van der Waals surface area contributed by atoms with Crippen molar-refractivity contribution in [1.82, 2.24) is 9.91 Å². The Morgan fingerprint density at radius 2 is 1.82 bits per heavy atom. The van der Waals surface area contributed by atoms with Crippen LogP contribution in [-0.4, -0.2) is 46.6 Å². The summed E-state index contributed by atoms with van der Waals surface area (Å²) < 4.78 is 27.2. The number of benzene rings is 2. The number of hydrogen-bond donors (Lipinski definition) is 0. The van der Waals surface area contributed by atoms with E-state index < -0.39 is 11.6 Å². The van der Waals surface area contributed by atoms with Gasteiger partial charge in [-0.1, -0.05) is 54.0 Å². The lowest BCUT2D eigenvalue weighted by Gasteiger charge is -2.24. The van der Waals surface area contributed by atoms with Crippen molar-refractivity contribution in [3.8, 4) is 0 Å². The van der Waals surface area contributed by atoms with Gasteiger partial charge >= 0.3 is 0 Å². The third-order valence-electron chi connectivity index (χ3n) is 5.23. The van der Waals surface area contributed by atoms with E-state index in [1.54, 1.807) is 4.90 Å². The van der Waals surface area contributed by atoms with Gasteiger partial charge in [-0.2, -0.15) is 5.10 Å². The number of carbonyl (C=O) groups is 2. The van der Waals surface area contributed by atoms with E-state index in [0.717, 1.165) is 28.7 Å². The van der Waals surface area contributed by atoms with Crippen LogP contribution >= 0.6 is 15.9 Å². The predicted octanol–water partition coefficient (Wildman–Crippen LogP) is 5.58. The molecule has 2 heterocycles. The first kappa shape index (κ1) is 26.6. The number of carbonyl (C=O) groups excluding carboxylic acids is 2. The molecule has 5 nitrogen and oxygen atoms in total. The standard InChI is InChI=1S/C17H19F2N3O2.C6H5Br.C2H6/c1-11-15(21-8-2-3-16(21)23)10-22(20-11)17(24)7-5-12-4-6-13(18)14(19)9-12;7-6-4-2-1-3-5-6;1-2/h4,6,9,15H,2-3,5,7-8,10H2,1H3;1-5H;1-2H3. The smallest absolute Gasteiger partial charge is 0.243 e. The highest BCUT2D eigenvalue weighted by molar-refractivity contribution is 9.10. The zero-order chi connectivity index (χ0) is 24.4. The first-order valence-electron chi connectivity index (χ1n) is 11.1. The van der Waals surface area contributed by atoms with Crippen LogP contribution in [0.3, 0.4) is 0 Å². The van der Waals surface area contributed by atoms with Gasteiger partial charge in [-0.05, 0) is 49.6 Å². The SMILES string of the molecule is Brc1ccccc1.CC.CC1=NN(C(=O)CCc2ccc(F)c(F)c2)CC1N1CCCC1=O. The molecule has 2 aromatic carbocycles. The van der Waals surface area contributed by atoms with Gasteiger partial charge in [-0.15, -0.1) is 0 Å². The normalized spacial score (nSPS) is 17.1. The number of aryl methyl sites for hydroxylation is 1. The first-order valence-corrected chi connectivity index (χ1v) is 11.9. The predicted molar refractivity (Wildman–Crippen MR) is 130 cm³/mol. The largest absolute Gasteiger partial charge is 0.332 e. The molecule has 1 fully saturated rings. The second kappa shape index (κ2) is 13.2. The molecule has 8 heteroatoms. The minimum absolute atomic E-state index is 0.102. The van der Waals surface area contributed by atoms with Crippen molar-refractivity contribution < 1.29 is 18.4 Å². The summed E-state index contributed by atoms with van der Waals surface area (Å²) in [5.74, 6) is -1.90. The molecule has 33 heavy (non-hydrogen) atoms. The summed E-state index contributed by atoms with van der Waals surface area (Å²) in [5, 5.41) is 5.65. The molecule has 1 unspecified atom stereocenters. The fraction of sp³-hybridized carbons (Fsp3) is 0.400. The van der Waals surface area contributed by atoms with Gasteiger partial charge in [0.05, 0.1) is 18.3 Å². The molecule has 178 valence electrons. The Morgan fingerprint density at radius 1 is 1.12 bits per heavy atom. The van der Waals surface area contributed by atoms with Crippen LogP contribution in [0.15, 0.2) is 58.1 Å². The third kappa shape index (κ3) is 7.74. The summed E-state index contributed by atoms with van der Waals surface area (Å²) in [6.07, 6.45) is 1.86. The van der Waals surface area contributed by atoms with Crippen molar-refractivity contribution in [2.24, 2.45) is 5.10 Å². The van der Waals surface area contributed by atoms with Gasteiger partial charge < -0.3 is 4.90 Å². The van der Waals surface area contributed by atoms with Crippen LogP contribution < -0.4 is 0 Å². The van der Waals surface area contributed by atoms with Crippen molar-refractivity contribution in [2.45, 2.75) is 52.5 Å². The summed E-state index contributed by atoms with van der Waals surface area (Å²) in [4.78, 5) is 25.9. The van der Waals surface area contributed by atoms with E-state index in [0.29, 0.717) is 31.5 Å². The number of amides is 2. The average Bonchev–Trinajstić information content (AvgIpc) is 3.41. The molecular formula is C25H30BrF2N3O2. The van der Waals surface area contributed by atoms with Gasteiger partial charge in [0.25, 0.3) is 0 Å². The fourth-order valence-electron chi connectivity index (χ4n) is 3.56. The molecular weight excluding hydrogens is 492 g/mol. The Bertz CT molecular complexity index is 969. The average molecular weight is 522 g/mol. The summed E-state index contributed by atoms with van der Waals surface area (Å²) >= 11 is 3.31. The monoisotopic (exact) mass is 521 g/mol. The van der Waals surface area contributed by atoms with Crippen molar-refractivity contribution in [1.29, 1.82) is 0 Å². The van der Waals surface area contributed by atoms with E-state index in [9.17, 15) is 18.4 Å². The van der Waals surface area contributed by atoms with Gasteiger partial charge in [-0.25, -0.2) is 13.8 Å². The number of nitrogens with zero attached hydrogens (tertiary/aromatic N) is 3. The number of halogens is 3. The van der Waals surface area contributed by atoms with E-state index >= 15 is 0 Å². The fourth-order valence-corrected chi connectivity index (χ4v) is 3.87. The summed E-state index contributed by atoms with van der Waals surface area (Å²) in [6.45, 7) is 6.89. The second-order valence-corrected chi connectivity index (χ2v) is 8.38. The minimum atomic E-state index is -0.914. The molecule has 1 saturated heterocycles. The topological polar surface area (TPSA) is 53.0 Å². The zero-order valence-corrected chi connectivity index (χ0v) is 20.8. The van der Waals surface area contributed by atoms with Gasteiger partial charge in [0.15, 0.2) is 11.6 Å². The van der Waals surface area contributed by atoms with Crippen LogP contribution in [-0.2, 0) is 16.0 Å². The highest BCUT2D eigenvalue weighted by Gasteiger charge is 2.36. The Morgan fingerprint density at radius 3 is 2.36 bits per heavy atom. The molecule has 0 N–H and O–H groups in total. The van der Waals surface area contributed by atoms with Gasteiger partial charge in [0.1, 0.15) is 0 Å². The maximum atomic E-state index is 13.2. The molecule has 0 aliphatic carbocycles. The molecule has 0 saturated carbocycles. The van der Waals surface area contributed by atoms with Gasteiger partial charge in [-0.3, -0.25) is 9.59 Å². The van der Waals surface area contributed by atoms with E-state index in [-0.39, 0.29) is 24.3 Å². The Hall–Kier alpha value is -2.61. The van der Waals surface area contributed by atoms with Crippen LogP contribution in [0, 0.1) is 11.6 Å². The summed E-state index contributed by atoms with van der Waals surface area (Å²) in [7, 11) is 0. The molecule has 0 bridgehead atoms. The highest BCUT2D eigenvalue weighted by atomic mass is 79.9. The molecule has 4 rings (SSSR count). The Kier molecular flexibility index (Phi) is 10.6. The lowest BCUT2D eigenvalue weighted by molar-refractivity contribution is -0.133. The van der Waals surface area contributed by atoms with E-state index in [1.807, 2.05) is 51.1 Å². The third-order valence-corrected chi connectivity index (χ3v) is 5.75. The van der Waals surface area contributed by atoms with Crippen molar-refractivity contribution in [3.63, 3.8) is 0 Å². The van der Waals surface area contributed by atoms with Crippen LogP contribution in [0.1, 0.15) is 45.6 Å². The Balaban J connectivity index is 0.000000362. The summed E-state index contributed by atoms with van der Waals surface area (Å²) in [5.41, 5.74) is 1.32. The number of rotatable bonds is 4. The molecule has 0 spiro atoms. The number of likely N-dealkylation sites (tertiary alicyclic amines) is 1. The van der Waals surface area contributed by atoms with E-state index in [1.165, 1.54) is 11.1 Å². The lowest BCUT2D eigenvalue weighted by Crippen LogP contribution is -2.43. The van der Waals surface area contributed by atoms with Crippen molar-refractivity contribution in [2.75, 3.05) is 13.1 Å². The van der Waals surface area contributed by atoms with Crippen LogP contribution in [0.5, 0.6) is 0 Å². The molecule has 2 aliphatic heterocycles. The van der Waals surface area contributed by atoms with E-state index in [2.05, 4.69) is 21.0 Å². The van der Waals surface area contributed by atoms with E-state index in [4.69, 9.17) is 0 Å². The van der Waals surface area contributed by atoms with Crippen molar-refractivity contribution >= 4 is 33.5 Å². The van der Waals surface area contributed by atoms with Crippen LogP contribution in [0.4, 0.5) is 8.78 Å². The molecule has 0 radical (unpaired) electrons. The lowest BCUT2D eigenvalue weighted by atomic mass is 10.1. The molecule has 0 aromatic heterocycles. The van der Waals surface area contributed by atoms with Crippen LogP contribution in [0.2, 0.25) is 0 Å². The van der Waals surface area contributed by atoms with Crippen molar-refractivity contribution in [3.05, 3.63) is 70.2 Å². The maximum Gasteiger partial charge on any atom is 0.243 e. The highest BCUT2D eigenvalue weighted by Crippen LogP contribution is 2.21. The van der Waals surface area contributed by atoms with Gasteiger partial charge in [0.2, 0.25) is 11.8 Å². The zero-order valence-electron chi connectivity index (χ0n) is 19.2. The molecule has 1 atom stereocenters. The maximum absolute atomic E-state index is 13.2. The minimum Gasteiger partial charge on any atom is -0.332 e. The quantitative estimate of drug-likeness (QED) is 0.527. The second-order valence-electron chi connectivity index (χ2n) is 7.47. The molecule has 2 aliphatic rings. The number of hydrogen-bond acceptors (Lipinski definition) is 3. The molecule has 2 aromatic rings. The Labute approximate surface area is 202 Å². The first-order chi connectivity index (χ1) is 15.8. The number of hydrazone groups is 1. The van der Waals surface area contributed by atoms with Crippen LogP contribution in [0.25, 0.3) is 0 Å². The van der Waals surface area contributed by atoms with Gasteiger partial charge in [0, 0.05) is 23.9 Å². The summed E-state index contributed by atoms with van der Waals surface area (Å²) in [6, 6.07) is 13.5. The molecule has 2 amide bonds.